The molecule has 0 spiro atoms. The minimum absolute atomic E-state index is 0.0454. The fraction of sp³-hybridized carbons (Fsp3) is 0.500. The molecule has 3 rings (SSSR count). The lowest BCUT2D eigenvalue weighted by Gasteiger charge is -2.16. The van der Waals surface area contributed by atoms with Crippen molar-refractivity contribution in [1.29, 1.82) is 0 Å². The van der Waals surface area contributed by atoms with E-state index in [1.54, 1.807) is 0 Å². The molecule has 108 valence electrons. The Kier molecular flexibility index (Phi) is 3.22. The van der Waals surface area contributed by atoms with E-state index in [2.05, 4.69) is 15.0 Å². The molecular weight excluding hydrogens is 290 g/mol. The van der Waals surface area contributed by atoms with Gasteiger partial charge in [0.25, 0.3) is 0 Å². The Morgan fingerprint density at radius 2 is 2.10 bits per heavy atom. The van der Waals surface area contributed by atoms with Gasteiger partial charge in [-0.2, -0.15) is 9.97 Å². The van der Waals surface area contributed by atoms with Crippen LogP contribution in [0.4, 0.5) is 5.95 Å². The molecule has 1 aliphatic rings. The Morgan fingerprint density at radius 1 is 1.35 bits per heavy atom. The lowest BCUT2D eigenvalue weighted by Crippen LogP contribution is -2.33. The van der Waals surface area contributed by atoms with Gasteiger partial charge in [0.05, 0.1) is 12.9 Å². The van der Waals surface area contributed by atoms with Crippen molar-refractivity contribution in [3.05, 3.63) is 11.5 Å². The number of rotatable bonds is 2. The second kappa shape index (κ2) is 4.79. The zero-order chi connectivity index (χ0) is 14.4. The largest absolute Gasteiger partial charge is 0.394 e. The van der Waals surface area contributed by atoms with E-state index in [9.17, 15) is 10.2 Å². The van der Waals surface area contributed by atoms with Crippen LogP contribution >= 0.6 is 11.6 Å². The van der Waals surface area contributed by atoms with Crippen LogP contribution in [0.1, 0.15) is 6.23 Å². The monoisotopic (exact) mass is 301 g/mol. The van der Waals surface area contributed by atoms with Crippen molar-refractivity contribution in [2.24, 2.45) is 0 Å². The molecular formula is C10H12ClN5O4. The Hall–Kier alpha value is -1.52. The van der Waals surface area contributed by atoms with Crippen LogP contribution in [0.3, 0.4) is 0 Å². The molecule has 1 fully saturated rings. The second-order valence-electron chi connectivity index (χ2n) is 4.43. The number of aromatic nitrogens is 4. The molecule has 0 aromatic carbocycles. The fourth-order valence-electron chi connectivity index (χ4n) is 2.19. The molecule has 0 aliphatic carbocycles. The zero-order valence-corrected chi connectivity index (χ0v) is 10.8. The van der Waals surface area contributed by atoms with Crippen molar-refractivity contribution < 1.29 is 20.1 Å². The third-order valence-electron chi connectivity index (χ3n) is 3.19. The van der Waals surface area contributed by atoms with Gasteiger partial charge in [-0.15, -0.1) is 0 Å². The molecule has 10 heteroatoms. The van der Waals surface area contributed by atoms with Gasteiger partial charge in [-0.05, 0) is 0 Å². The van der Waals surface area contributed by atoms with Gasteiger partial charge in [0.1, 0.15) is 23.8 Å². The summed E-state index contributed by atoms with van der Waals surface area (Å²) < 4.78 is 6.79. The third-order valence-corrected chi connectivity index (χ3v) is 3.45. The van der Waals surface area contributed by atoms with E-state index in [1.807, 2.05) is 0 Å². The molecule has 5 N–H and O–H groups in total. The summed E-state index contributed by atoms with van der Waals surface area (Å²) in [5.74, 6) is -0.0454. The number of nitrogen functional groups attached to an aromatic ring is 1. The average Bonchev–Trinajstić information content (AvgIpc) is 2.93. The number of ether oxygens (including phenoxy) is 1. The number of halogens is 1. The van der Waals surface area contributed by atoms with Crippen molar-refractivity contribution in [2.45, 2.75) is 24.5 Å². The van der Waals surface area contributed by atoms with E-state index >= 15 is 0 Å². The SMILES string of the molecule is Nc1nc(Cl)c2ncn([C@@H]3O[C@@H](CO)[C@@H](O)[C@@H]3O)c2n1. The van der Waals surface area contributed by atoms with Crippen LogP contribution in [-0.2, 0) is 4.74 Å². The quantitative estimate of drug-likeness (QED) is 0.500. The number of nitrogens with two attached hydrogens (primary N) is 1. The van der Waals surface area contributed by atoms with E-state index in [-0.39, 0.29) is 16.7 Å². The number of anilines is 1. The van der Waals surface area contributed by atoms with Crippen molar-refractivity contribution in [2.75, 3.05) is 12.3 Å². The second-order valence-corrected chi connectivity index (χ2v) is 4.78. The summed E-state index contributed by atoms with van der Waals surface area (Å²) in [7, 11) is 0. The molecule has 2 aromatic heterocycles. The molecule has 3 heterocycles. The van der Waals surface area contributed by atoms with Crippen LogP contribution in [0, 0.1) is 0 Å². The zero-order valence-electron chi connectivity index (χ0n) is 10.1. The molecule has 1 aliphatic heterocycles. The van der Waals surface area contributed by atoms with Crippen LogP contribution in [0.25, 0.3) is 11.2 Å². The first-order valence-electron chi connectivity index (χ1n) is 5.81. The summed E-state index contributed by atoms with van der Waals surface area (Å²) >= 11 is 5.90. The van der Waals surface area contributed by atoms with E-state index in [1.165, 1.54) is 10.9 Å². The first-order chi connectivity index (χ1) is 9.52. The van der Waals surface area contributed by atoms with Crippen molar-refractivity contribution in [3.8, 4) is 0 Å². The molecule has 0 amide bonds. The van der Waals surface area contributed by atoms with Gasteiger partial charge in [0.15, 0.2) is 17.0 Å². The molecule has 4 atom stereocenters. The summed E-state index contributed by atoms with van der Waals surface area (Å²) in [4.78, 5) is 11.8. The van der Waals surface area contributed by atoms with Crippen LogP contribution in [0.15, 0.2) is 6.33 Å². The molecule has 0 unspecified atom stereocenters. The van der Waals surface area contributed by atoms with Crippen LogP contribution in [0.2, 0.25) is 5.15 Å². The Morgan fingerprint density at radius 3 is 2.75 bits per heavy atom. The topological polar surface area (TPSA) is 140 Å². The predicted octanol–water partition coefficient (Wildman–Crippen LogP) is -1.33. The smallest absolute Gasteiger partial charge is 0.223 e. The maximum Gasteiger partial charge on any atom is 0.223 e. The van der Waals surface area contributed by atoms with E-state index in [0.29, 0.717) is 5.52 Å². The Labute approximate surface area is 117 Å². The van der Waals surface area contributed by atoms with E-state index in [0.717, 1.165) is 0 Å². The summed E-state index contributed by atoms with van der Waals surface area (Å²) in [6, 6.07) is 0. The molecule has 1 saturated heterocycles. The van der Waals surface area contributed by atoms with Gasteiger partial charge in [-0.1, -0.05) is 11.6 Å². The highest BCUT2D eigenvalue weighted by Gasteiger charge is 2.44. The molecule has 0 radical (unpaired) electrons. The van der Waals surface area contributed by atoms with Crippen LogP contribution in [0.5, 0.6) is 0 Å². The predicted molar refractivity (Wildman–Crippen MR) is 67.8 cm³/mol. The first kappa shape index (κ1) is 13.5. The van der Waals surface area contributed by atoms with E-state index in [4.69, 9.17) is 27.2 Å². The van der Waals surface area contributed by atoms with Crippen LogP contribution in [-0.4, -0.2) is 59.8 Å². The van der Waals surface area contributed by atoms with Crippen LogP contribution < -0.4 is 5.73 Å². The summed E-state index contributed by atoms with van der Waals surface area (Å²) in [6.07, 6.45) is -2.93. The average molecular weight is 302 g/mol. The Bertz CT molecular complexity index is 650. The minimum atomic E-state index is -1.24. The maximum absolute atomic E-state index is 9.99. The normalized spacial score (nSPS) is 30.2. The lowest BCUT2D eigenvalue weighted by molar-refractivity contribution is -0.0511. The lowest BCUT2D eigenvalue weighted by atomic mass is 10.1. The summed E-state index contributed by atoms with van der Waals surface area (Å²) in [6.45, 7) is -0.417. The molecule has 0 bridgehead atoms. The van der Waals surface area contributed by atoms with Crippen molar-refractivity contribution in [1.82, 2.24) is 19.5 Å². The summed E-state index contributed by atoms with van der Waals surface area (Å²) in [5, 5.41) is 28.9. The highest BCUT2D eigenvalue weighted by molar-refractivity contribution is 6.33. The molecule has 20 heavy (non-hydrogen) atoms. The number of aliphatic hydroxyl groups is 3. The molecule has 9 nitrogen and oxygen atoms in total. The van der Waals surface area contributed by atoms with Crippen molar-refractivity contribution in [3.63, 3.8) is 0 Å². The van der Waals surface area contributed by atoms with Gasteiger partial charge in [0, 0.05) is 0 Å². The maximum atomic E-state index is 9.99. The van der Waals surface area contributed by atoms with E-state index < -0.39 is 31.1 Å². The number of hydrogen-bond acceptors (Lipinski definition) is 8. The number of hydrogen-bond donors (Lipinski definition) is 4. The van der Waals surface area contributed by atoms with Gasteiger partial charge in [-0.3, -0.25) is 4.57 Å². The number of imidazole rings is 1. The van der Waals surface area contributed by atoms with Gasteiger partial charge < -0.3 is 25.8 Å². The highest BCUT2D eigenvalue weighted by Crippen LogP contribution is 2.32. The van der Waals surface area contributed by atoms with Crippen molar-refractivity contribution >= 4 is 28.7 Å². The van der Waals surface area contributed by atoms with Gasteiger partial charge >= 0.3 is 0 Å². The number of fused-ring (bicyclic) bond motifs is 1. The summed E-state index contributed by atoms with van der Waals surface area (Å²) in [5.41, 5.74) is 6.11. The fourth-order valence-corrected chi connectivity index (χ4v) is 2.41. The third kappa shape index (κ3) is 1.91. The number of nitrogens with zero attached hydrogens (tertiary/aromatic N) is 4. The minimum Gasteiger partial charge on any atom is -0.394 e. The van der Waals surface area contributed by atoms with Gasteiger partial charge in [-0.25, -0.2) is 4.98 Å². The highest BCUT2D eigenvalue weighted by atomic mass is 35.5. The standard InChI is InChI=1S/C10H12ClN5O4/c11-7-4-8(15-10(12)14-7)16(2-13-4)9-6(19)5(18)3(1-17)20-9/h2-3,5-6,9,17-19H,1H2,(H2,12,14,15)/t3-,5+,6-,9+/m0/s1. The molecule has 2 aromatic rings. The molecule has 0 saturated carbocycles. The van der Waals surface area contributed by atoms with Gasteiger partial charge in [0.2, 0.25) is 5.95 Å². The number of aliphatic hydroxyl groups excluding tert-OH is 3. The Balaban J connectivity index is 2.07. The first-order valence-corrected chi connectivity index (χ1v) is 6.18.